The van der Waals surface area contributed by atoms with Crippen LogP contribution in [0.15, 0.2) is 18.2 Å². The molecule has 0 atom stereocenters. The highest BCUT2D eigenvalue weighted by Crippen LogP contribution is 2.21. The van der Waals surface area contributed by atoms with E-state index in [0.29, 0.717) is 24.8 Å². The van der Waals surface area contributed by atoms with E-state index in [2.05, 4.69) is 6.92 Å². The maximum atomic E-state index is 12.2. The molecule has 143 valence electrons. The second-order valence-corrected chi connectivity index (χ2v) is 6.31. The van der Waals surface area contributed by atoms with Crippen LogP contribution in [-0.2, 0) is 9.53 Å². The highest BCUT2D eigenvalue weighted by molar-refractivity contribution is 5.98. The van der Waals surface area contributed by atoms with Crippen molar-refractivity contribution in [3.63, 3.8) is 0 Å². The molecule has 1 aromatic carbocycles. The SMILES string of the molecule is CCCCCCCC(=O)c1ccc(OC(=O)OC(CC)CC)c([C]=O)c1. The van der Waals surface area contributed by atoms with E-state index in [1.807, 2.05) is 13.8 Å². The second-order valence-electron chi connectivity index (χ2n) is 6.31. The van der Waals surface area contributed by atoms with Gasteiger partial charge in [0.1, 0.15) is 11.9 Å². The quantitative estimate of drug-likeness (QED) is 0.216. The molecule has 0 saturated carbocycles. The standard InChI is InChI=1S/C21H29O5/c1-4-7-8-9-10-11-19(23)16-12-13-20(17(14-16)15-22)26-21(24)25-18(5-2)6-3/h12-14,18H,4-11H2,1-3H3. The van der Waals surface area contributed by atoms with Gasteiger partial charge < -0.3 is 9.47 Å². The largest absolute Gasteiger partial charge is 0.514 e. The molecular weight excluding hydrogens is 332 g/mol. The van der Waals surface area contributed by atoms with Gasteiger partial charge in [0.15, 0.2) is 5.78 Å². The molecule has 0 aliphatic carbocycles. The maximum absolute atomic E-state index is 12.2. The van der Waals surface area contributed by atoms with Crippen LogP contribution in [-0.4, -0.2) is 24.3 Å². The number of ketones is 1. The molecular formula is C21H29O5. The Morgan fingerprint density at radius 1 is 1.04 bits per heavy atom. The van der Waals surface area contributed by atoms with Crippen molar-refractivity contribution in [1.82, 2.24) is 0 Å². The topological polar surface area (TPSA) is 69.7 Å². The van der Waals surface area contributed by atoms with E-state index in [9.17, 15) is 14.4 Å². The molecule has 1 radical (unpaired) electrons. The van der Waals surface area contributed by atoms with Crippen molar-refractivity contribution >= 4 is 18.2 Å². The predicted molar refractivity (Wildman–Crippen MR) is 100 cm³/mol. The van der Waals surface area contributed by atoms with Crippen LogP contribution in [0, 0.1) is 0 Å². The van der Waals surface area contributed by atoms with E-state index < -0.39 is 6.16 Å². The number of carbonyl (C=O) groups is 2. The van der Waals surface area contributed by atoms with Gasteiger partial charge >= 0.3 is 6.16 Å². The van der Waals surface area contributed by atoms with Crippen LogP contribution in [0.5, 0.6) is 5.75 Å². The van der Waals surface area contributed by atoms with Gasteiger partial charge in [-0.05, 0) is 37.5 Å². The molecule has 0 aromatic heterocycles. The van der Waals surface area contributed by atoms with Crippen molar-refractivity contribution in [3.05, 3.63) is 29.3 Å². The van der Waals surface area contributed by atoms with Gasteiger partial charge in [0.25, 0.3) is 0 Å². The van der Waals surface area contributed by atoms with Crippen molar-refractivity contribution in [3.8, 4) is 5.75 Å². The van der Waals surface area contributed by atoms with Crippen molar-refractivity contribution < 1.29 is 23.9 Å². The monoisotopic (exact) mass is 361 g/mol. The lowest BCUT2D eigenvalue weighted by Crippen LogP contribution is -2.20. The first-order valence-electron chi connectivity index (χ1n) is 9.49. The minimum absolute atomic E-state index is 0.0239. The number of carbonyl (C=O) groups excluding carboxylic acids is 3. The van der Waals surface area contributed by atoms with Gasteiger partial charge in [0.2, 0.25) is 6.29 Å². The van der Waals surface area contributed by atoms with Gasteiger partial charge in [-0.15, -0.1) is 0 Å². The van der Waals surface area contributed by atoms with Crippen molar-refractivity contribution in [1.29, 1.82) is 0 Å². The summed E-state index contributed by atoms with van der Waals surface area (Å²) in [4.78, 5) is 35.2. The fourth-order valence-electron chi connectivity index (χ4n) is 2.61. The van der Waals surface area contributed by atoms with Gasteiger partial charge in [0, 0.05) is 12.0 Å². The zero-order valence-electron chi connectivity index (χ0n) is 16.0. The van der Waals surface area contributed by atoms with Crippen LogP contribution in [0.1, 0.15) is 88.1 Å². The van der Waals surface area contributed by atoms with Crippen molar-refractivity contribution in [2.45, 2.75) is 78.2 Å². The first kappa shape index (κ1) is 21.9. The van der Waals surface area contributed by atoms with Crippen LogP contribution >= 0.6 is 0 Å². The summed E-state index contributed by atoms with van der Waals surface area (Å²) >= 11 is 0. The lowest BCUT2D eigenvalue weighted by molar-refractivity contribution is 0.0549. The highest BCUT2D eigenvalue weighted by atomic mass is 16.7. The first-order chi connectivity index (χ1) is 12.5. The van der Waals surface area contributed by atoms with E-state index in [-0.39, 0.29) is 23.2 Å². The third kappa shape index (κ3) is 7.38. The molecule has 0 unspecified atom stereocenters. The minimum Gasteiger partial charge on any atom is -0.431 e. The Hall–Kier alpha value is -2.17. The lowest BCUT2D eigenvalue weighted by atomic mass is 10.0. The van der Waals surface area contributed by atoms with Gasteiger partial charge in [-0.3, -0.25) is 9.59 Å². The van der Waals surface area contributed by atoms with Gasteiger partial charge in [-0.1, -0.05) is 46.5 Å². The fraction of sp³-hybridized carbons (Fsp3) is 0.571. The summed E-state index contributed by atoms with van der Waals surface area (Å²) in [6.07, 6.45) is 7.78. The Bertz CT molecular complexity index is 590. The van der Waals surface area contributed by atoms with Crippen LogP contribution in [0.3, 0.4) is 0 Å². The number of benzene rings is 1. The van der Waals surface area contributed by atoms with E-state index >= 15 is 0 Å². The summed E-state index contributed by atoms with van der Waals surface area (Å²) in [5.74, 6) is 0.0274. The smallest absolute Gasteiger partial charge is 0.431 e. The Labute approximate surface area is 156 Å². The zero-order chi connectivity index (χ0) is 19.4. The molecule has 5 nitrogen and oxygen atoms in total. The van der Waals surface area contributed by atoms with Crippen LogP contribution < -0.4 is 4.74 Å². The third-order valence-corrected chi connectivity index (χ3v) is 4.29. The minimum atomic E-state index is -0.856. The van der Waals surface area contributed by atoms with Gasteiger partial charge in [-0.2, -0.15) is 0 Å². The molecule has 0 saturated heterocycles. The Balaban J connectivity index is 2.67. The maximum Gasteiger partial charge on any atom is 0.514 e. The normalized spacial score (nSPS) is 10.6. The Kier molecular flexibility index (Phi) is 10.3. The first-order valence-corrected chi connectivity index (χ1v) is 9.49. The van der Waals surface area contributed by atoms with E-state index in [4.69, 9.17) is 9.47 Å². The van der Waals surface area contributed by atoms with Crippen LogP contribution in [0.25, 0.3) is 0 Å². The van der Waals surface area contributed by atoms with Crippen molar-refractivity contribution in [2.75, 3.05) is 0 Å². The summed E-state index contributed by atoms with van der Waals surface area (Å²) in [5.41, 5.74) is 0.475. The number of rotatable bonds is 12. The summed E-state index contributed by atoms with van der Waals surface area (Å²) in [5, 5.41) is 0. The summed E-state index contributed by atoms with van der Waals surface area (Å²) < 4.78 is 10.3. The number of hydrogen-bond acceptors (Lipinski definition) is 5. The van der Waals surface area contributed by atoms with E-state index in [1.165, 1.54) is 18.6 Å². The molecule has 1 aromatic rings. The van der Waals surface area contributed by atoms with Crippen molar-refractivity contribution in [2.24, 2.45) is 0 Å². The molecule has 5 heteroatoms. The Morgan fingerprint density at radius 3 is 2.35 bits per heavy atom. The summed E-state index contributed by atoms with van der Waals surface area (Å²) in [7, 11) is 0. The molecule has 0 aliphatic rings. The molecule has 0 N–H and O–H groups in total. The number of hydrogen-bond donors (Lipinski definition) is 0. The highest BCUT2D eigenvalue weighted by Gasteiger charge is 2.16. The average molecular weight is 361 g/mol. The fourth-order valence-corrected chi connectivity index (χ4v) is 2.61. The molecule has 0 bridgehead atoms. The third-order valence-electron chi connectivity index (χ3n) is 4.29. The lowest BCUT2D eigenvalue weighted by Gasteiger charge is -2.14. The van der Waals surface area contributed by atoms with E-state index in [1.54, 1.807) is 12.4 Å². The van der Waals surface area contributed by atoms with Crippen LogP contribution in [0.4, 0.5) is 4.79 Å². The zero-order valence-corrected chi connectivity index (χ0v) is 16.0. The number of Topliss-reactive ketones (excluding diaryl/α,β-unsaturated/α-hetero) is 1. The summed E-state index contributed by atoms with van der Waals surface area (Å²) in [6, 6.07) is 4.43. The number of unbranched alkanes of at least 4 members (excludes halogenated alkanes) is 4. The molecule has 1 rings (SSSR count). The molecule has 0 heterocycles. The molecule has 0 aliphatic heterocycles. The molecule has 26 heavy (non-hydrogen) atoms. The second kappa shape index (κ2) is 12.2. The molecule has 0 spiro atoms. The van der Waals surface area contributed by atoms with Gasteiger partial charge in [0.05, 0.1) is 5.56 Å². The predicted octanol–water partition coefficient (Wildman–Crippen LogP) is 5.39. The van der Waals surface area contributed by atoms with Crippen LogP contribution in [0.2, 0.25) is 0 Å². The Morgan fingerprint density at radius 2 is 1.73 bits per heavy atom. The average Bonchev–Trinajstić information content (AvgIpc) is 2.65. The van der Waals surface area contributed by atoms with E-state index in [0.717, 1.165) is 25.7 Å². The molecule has 0 fully saturated rings. The van der Waals surface area contributed by atoms with Gasteiger partial charge in [-0.25, -0.2) is 4.79 Å². The number of ether oxygens (including phenoxy) is 2. The molecule has 0 amide bonds. The summed E-state index contributed by atoms with van der Waals surface area (Å²) in [6.45, 7) is 5.97.